The molecule has 0 aliphatic heterocycles. The summed E-state index contributed by atoms with van der Waals surface area (Å²) in [5.74, 6) is 0.275. The van der Waals surface area contributed by atoms with Crippen LogP contribution in [-0.4, -0.2) is 43.5 Å². The van der Waals surface area contributed by atoms with E-state index < -0.39 is 0 Å². The van der Waals surface area contributed by atoms with Crippen molar-refractivity contribution in [2.75, 3.05) is 20.8 Å². The third-order valence-corrected chi connectivity index (χ3v) is 5.15. The number of hydrogen-bond donors (Lipinski definition) is 1. The molecule has 0 unspecified atom stereocenters. The van der Waals surface area contributed by atoms with Crippen molar-refractivity contribution in [2.24, 2.45) is 5.10 Å². The molecule has 1 aromatic heterocycles. The average molecular weight is 450 g/mol. The first-order valence-corrected chi connectivity index (χ1v) is 10.3. The van der Waals surface area contributed by atoms with E-state index >= 15 is 0 Å². The first-order chi connectivity index (χ1) is 15.8. The highest BCUT2D eigenvalue weighted by Gasteiger charge is 2.14. The van der Waals surface area contributed by atoms with Crippen LogP contribution in [0.4, 0.5) is 0 Å². The zero-order valence-corrected chi connectivity index (χ0v) is 19.3. The Morgan fingerprint density at radius 1 is 1.03 bits per heavy atom. The summed E-state index contributed by atoms with van der Waals surface area (Å²) in [6, 6.07) is 14.5. The van der Waals surface area contributed by atoms with Gasteiger partial charge in [0, 0.05) is 22.6 Å². The van der Waals surface area contributed by atoms with E-state index in [1.54, 1.807) is 36.5 Å². The Labute approximate surface area is 192 Å². The number of nitrogens with one attached hydrogen (secondary N) is 1. The summed E-state index contributed by atoms with van der Waals surface area (Å²) in [7, 11) is 2.90. The molecule has 1 amide bonds. The summed E-state index contributed by atoms with van der Waals surface area (Å²) in [5, 5.41) is 4.07. The number of carbonyl (C=O) groups excluding carboxylic acids is 2. The standard InChI is InChI=1S/C25H27N3O5/c1-16-12-19(25(30)32-5)10-11-21(16)28-17(2)13-20(18(28)3)14-26-27-24(29)15-33-23-9-7-6-8-22(23)31-4/h6-14H,15H2,1-5H3,(H,27,29)/b26-14+. The van der Waals surface area contributed by atoms with Crippen LogP contribution in [0.1, 0.15) is 32.9 Å². The van der Waals surface area contributed by atoms with Gasteiger partial charge in [-0.15, -0.1) is 0 Å². The normalized spacial score (nSPS) is 10.8. The minimum atomic E-state index is -0.389. The number of ether oxygens (including phenoxy) is 3. The van der Waals surface area contributed by atoms with E-state index in [1.165, 1.54) is 14.2 Å². The van der Waals surface area contributed by atoms with E-state index in [2.05, 4.69) is 15.1 Å². The highest BCUT2D eigenvalue weighted by Crippen LogP contribution is 2.26. The van der Waals surface area contributed by atoms with Crippen molar-refractivity contribution in [3.05, 3.63) is 76.6 Å². The number of nitrogens with zero attached hydrogens (tertiary/aromatic N) is 2. The lowest BCUT2D eigenvalue weighted by Gasteiger charge is -2.13. The van der Waals surface area contributed by atoms with Gasteiger partial charge in [0.2, 0.25) is 0 Å². The molecule has 33 heavy (non-hydrogen) atoms. The second kappa shape index (κ2) is 10.5. The molecule has 3 rings (SSSR count). The SMILES string of the molecule is COC(=O)c1ccc(-n2c(C)cc(/C=N/NC(=O)COc3ccccc3OC)c2C)c(C)c1. The van der Waals surface area contributed by atoms with Crippen molar-refractivity contribution >= 4 is 18.1 Å². The molecule has 8 nitrogen and oxygen atoms in total. The smallest absolute Gasteiger partial charge is 0.337 e. The Morgan fingerprint density at radius 3 is 2.42 bits per heavy atom. The van der Waals surface area contributed by atoms with Crippen LogP contribution >= 0.6 is 0 Å². The highest BCUT2D eigenvalue weighted by molar-refractivity contribution is 5.90. The lowest BCUT2D eigenvalue weighted by molar-refractivity contribution is -0.123. The van der Waals surface area contributed by atoms with Crippen molar-refractivity contribution < 1.29 is 23.8 Å². The van der Waals surface area contributed by atoms with Gasteiger partial charge in [-0.3, -0.25) is 4.79 Å². The number of benzene rings is 2. The lowest BCUT2D eigenvalue weighted by Crippen LogP contribution is -2.24. The summed E-state index contributed by atoms with van der Waals surface area (Å²) in [4.78, 5) is 23.9. The monoisotopic (exact) mass is 449 g/mol. The fraction of sp³-hybridized carbons (Fsp3) is 0.240. The van der Waals surface area contributed by atoms with Gasteiger partial charge in [-0.1, -0.05) is 12.1 Å². The minimum Gasteiger partial charge on any atom is -0.493 e. The van der Waals surface area contributed by atoms with Gasteiger partial charge in [0.15, 0.2) is 18.1 Å². The molecule has 0 saturated carbocycles. The Hall–Kier alpha value is -4.07. The highest BCUT2D eigenvalue weighted by atomic mass is 16.5. The van der Waals surface area contributed by atoms with Gasteiger partial charge >= 0.3 is 5.97 Å². The quantitative estimate of drug-likeness (QED) is 0.322. The van der Waals surface area contributed by atoms with E-state index in [0.717, 1.165) is 28.2 Å². The van der Waals surface area contributed by atoms with Crippen LogP contribution in [0.25, 0.3) is 5.69 Å². The molecule has 172 valence electrons. The molecule has 0 aliphatic rings. The maximum Gasteiger partial charge on any atom is 0.337 e. The van der Waals surface area contributed by atoms with Crippen molar-refractivity contribution in [2.45, 2.75) is 20.8 Å². The van der Waals surface area contributed by atoms with Crippen molar-refractivity contribution in [1.82, 2.24) is 9.99 Å². The minimum absolute atomic E-state index is 0.192. The largest absolute Gasteiger partial charge is 0.493 e. The predicted molar refractivity (Wildman–Crippen MR) is 126 cm³/mol. The van der Waals surface area contributed by atoms with E-state index in [9.17, 15) is 9.59 Å². The number of carbonyl (C=O) groups is 2. The second-order valence-electron chi connectivity index (χ2n) is 7.39. The maximum atomic E-state index is 12.1. The number of methoxy groups -OCH3 is 2. The van der Waals surface area contributed by atoms with Crippen molar-refractivity contribution in [1.29, 1.82) is 0 Å². The molecule has 8 heteroatoms. The fourth-order valence-electron chi connectivity index (χ4n) is 3.53. The molecule has 1 N–H and O–H groups in total. The lowest BCUT2D eigenvalue weighted by atomic mass is 10.1. The van der Waals surface area contributed by atoms with Crippen LogP contribution in [0.3, 0.4) is 0 Å². The Bertz CT molecular complexity index is 1200. The number of para-hydroxylation sites is 2. The number of amides is 1. The Kier molecular flexibility index (Phi) is 7.50. The molecule has 0 aliphatic carbocycles. The number of aryl methyl sites for hydroxylation is 2. The molecule has 0 saturated heterocycles. The summed E-state index contributed by atoms with van der Waals surface area (Å²) in [6.07, 6.45) is 1.60. The number of hydrogen-bond acceptors (Lipinski definition) is 6. The topological polar surface area (TPSA) is 91.2 Å². The summed E-state index contributed by atoms with van der Waals surface area (Å²) >= 11 is 0. The Balaban J connectivity index is 1.69. The summed E-state index contributed by atoms with van der Waals surface area (Å²) in [5.41, 5.74) is 7.66. The van der Waals surface area contributed by atoms with Gasteiger partial charge in [0.25, 0.3) is 5.91 Å². The molecule has 3 aromatic rings. The zero-order chi connectivity index (χ0) is 24.0. The average Bonchev–Trinajstić information content (AvgIpc) is 3.10. The van der Waals surface area contributed by atoms with E-state index in [4.69, 9.17) is 14.2 Å². The molecule has 2 aromatic carbocycles. The van der Waals surface area contributed by atoms with Crippen LogP contribution in [-0.2, 0) is 9.53 Å². The molecule has 0 bridgehead atoms. The third-order valence-electron chi connectivity index (χ3n) is 5.15. The van der Waals surface area contributed by atoms with Gasteiger partial charge in [0.05, 0.1) is 26.0 Å². The number of rotatable bonds is 8. The molecule has 0 atom stereocenters. The van der Waals surface area contributed by atoms with Crippen LogP contribution in [0, 0.1) is 20.8 Å². The molecular weight excluding hydrogens is 422 g/mol. The fourth-order valence-corrected chi connectivity index (χ4v) is 3.53. The molecule has 0 fully saturated rings. The summed E-state index contributed by atoms with van der Waals surface area (Å²) < 4.78 is 17.6. The number of hydrazone groups is 1. The Morgan fingerprint density at radius 2 is 1.76 bits per heavy atom. The molecule has 1 heterocycles. The van der Waals surface area contributed by atoms with Crippen molar-refractivity contribution in [3.63, 3.8) is 0 Å². The third kappa shape index (κ3) is 5.41. The van der Waals surface area contributed by atoms with E-state index in [1.807, 2.05) is 39.0 Å². The van der Waals surface area contributed by atoms with Crippen LogP contribution in [0.2, 0.25) is 0 Å². The van der Waals surface area contributed by atoms with E-state index in [0.29, 0.717) is 17.1 Å². The number of aromatic nitrogens is 1. The number of esters is 1. The van der Waals surface area contributed by atoms with Crippen LogP contribution < -0.4 is 14.9 Å². The first-order valence-electron chi connectivity index (χ1n) is 10.3. The van der Waals surface area contributed by atoms with Crippen LogP contribution in [0.15, 0.2) is 53.6 Å². The first kappa shape index (κ1) is 23.6. The van der Waals surface area contributed by atoms with Gasteiger partial charge in [-0.05, 0) is 62.7 Å². The van der Waals surface area contributed by atoms with E-state index in [-0.39, 0.29) is 18.5 Å². The van der Waals surface area contributed by atoms with Gasteiger partial charge < -0.3 is 18.8 Å². The molecule has 0 radical (unpaired) electrons. The molecule has 0 spiro atoms. The van der Waals surface area contributed by atoms with Crippen LogP contribution in [0.5, 0.6) is 11.5 Å². The summed E-state index contributed by atoms with van der Waals surface area (Å²) in [6.45, 7) is 5.70. The van der Waals surface area contributed by atoms with Gasteiger partial charge in [-0.2, -0.15) is 5.10 Å². The maximum absolute atomic E-state index is 12.1. The zero-order valence-electron chi connectivity index (χ0n) is 19.3. The molecular formula is C25H27N3O5. The van der Waals surface area contributed by atoms with Gasteiger partial charge in [0.1, 0.15) is 0 Å². The van der Waals surface area contributed by atoms with Gasteiger partial charge in [-0.25, -0.2) is 10.2 Å². The van der Waals surface area contributed by atoms with Crippen molar-refractivity contribution in [3.8, 4) is 17.2 Å². The second-order valence-corrected chi connectivity index (χ2v) is 7.39. The predicted octanol–water partition coefficient (Wildman–Crippen LogP) is 3.73.